The van der Waals surface area contributed by atoms with E-state index in [9.17, 15) is 19.5 Å². The van der Waals surface area contributed by atoms with Gasteiger partial charge >= 0.3 is 0 Å². The van der Waals surface area contributed by atoms with Gasteiger partial charge in [-0.2, -0.15) is 0 Å². The number of benzene rings is 2. The molecule has 4 nitrogen and oxygen atoms in total. The van der Waals surface area contributed by atoms with E-state index in [1.54, 1.807) is 42.5 Å². The summed E-state index contributed by atoms with van der Waals surface area (Å²) >= 11 is 0. The quantitative estimate of drug-likeness (QED) is 0.306. The molecule has 0 amide bonds. The molecule has 0 aliphatic carbocycles. The number of ketones is 3. The molecule has 4 heteroatoms. The third-order valence-corrected chi connectivity index (χ3v) is 4.49. The van der Waals surface area contributed by atoms with Crippen LogP contribution in [0.3, 0.4) is 0 Å². The average molecular weight is 375 g/mol. The zero-order valence-electron chi connectivity index (χ0n) is 16.3. The monoisotopic (exact) mass is 375 g/mol. The van der Waals surface area contributed by atoms with E-state index in [0.717, 1.165) is 5.56 Å². The first-order valence-electron chi connectivity index (χ1n) is 9.05. The van der Waals surface area contributed by atoms with Crippen LogP contribution >= 0.6 is 0 Å². The van der Waals surface area contributed by atoms with E-state index in [2.05, 4.69) is 0 Å². The molecule has 1 atom stereocenters. The van der Waals surface area contributed by atoms with Crippen molar-refractivity contribution in [3.63, 3.8) is 0 Å². The zero-order chi connectivity index (χ0) is 20.7. The van der Waals surface area contributed by atoms with E-state index in [4.69, 9.17) is 0 Å². The maximum Gasteiger partial charge on any atom is 0.167 e. The van der Waals surface area contributed by atoms with Crippen LogP contribution in [0.4, 0.5) is 0 Å². The molecule has 2 rings (SSSR count). The van der Waals surface area contributed by atoms with Crippen molar-refractivity contribution in [3.05, 3.63) is 88.7 Å². The summed E-state index contributed by atoms with van der Waals surface area (Å²) in [5.41, 5.74) is 1.55. The summed E-state index contributed by atoms with van der Waals surface area (Å²) in [6, 6.07) is 18.0. The Morgan fingerprint density at radius 3 is 1.86 bits per heavy atom. The number of allylic oxidation sites excluding steroid dienone is 3. The van der Waals surface area contributed by atoms with Crippen molar-refractivity contribution in [1.82, 2.24) is 0 Å². The number of carbonyl (C=O) groups is 3. The van der Waals surface area contributed by atoms with Gasteiger partial charge in [-0.25, -0.2) is 0 Å². The van der Waals surface area contributed by atoms with Gasteiger partial charge in [0.25, 0.3) is 0 Å². The lowest BCUT2D eigenvalue weighted by atomic mass is 9.82. The lowest BCUT2D eigenvalue weighted by Gasteiger charge is -2.24. The molecule has 0 aliphatic heterocycles. The smallest absolute Gasteiger partial charge is 0.167 e. The molecule has 0 aromatic heterocycles. The standard InChI is InChI=1S/C24H24O4/c1-16(25)21(14-19-10-6-4-7-11-19)23(28)15-22(20-12-8-5-9-13-20)24(17(2)26)18(3)27/h4-14,22,26H,15H2,1-3H3/p-1/b21-14+,24-17+. The predicted octanol–water partition coefficient (Wildman–Crippen LogP) is 3.63. The summed E-state index contributed by atoms with van der Waals surface area (Å²) in [7, 11) is 0. The van der Waals surface area contributed by atoms with Crippen LogP contribution in [0, 0.1) is 0 Å². The van der Waals surface area contributed by atoms with E-state index in [1.165, 1.54) is 20.8 Å². The fourth-order valence-corrected chi connectivity index (χ4v) is 3.20. The van der Waals surface area contributed by atoms with Gasteiger partial charge in [-0.15, -0.1) is 5.76 Å². The van der Waals surface area contributed by atoms with Gasteiger partial charge in [0, 0.05) is 12.3 Å². The van der Waals surface area contributed by atoms with Crippen LogP contribution in [-0.2, 0) is 14.4 Å². The Hall–Kier alpha value is -3.27. The zero-order valence-corrected chi connectivity index (χ0v) is 16.3. The Labute approximate surface area is 165 Å². The Morgan fingerprint density at radius 2 is 1.39 bits per heavy atom. The van der Waals surface area contributed by atoms with E-state index in [-0.39, 0.29) is 34.9 Å². The molecule has 0 saturated carbocycles. The average Bonchev–Trinajstić information content (AvgIpc) is 2.66. The highest BCUT2D eigenvalue weighted by Gasteiger charge is 2.26. The normalized spacial score (nSPS) is 13.5. The van der Waals surface area contributed by atoms with Crippen LogP contribution in [0.25, 0.3) is 6.08 Å². The minimum atomic E-state index is -0.692. The highest BCUT2D eigenvalue weighted by molar-refractivity contribution is 6.22. The summed E-state index contributed by atoms with van der Waals surface area (Å²) in [5, 5.41) is 12.1. The van der Waals surface area contributed by atoms with Gasteiger partial charge in [-0.1, -0.05) is 67.6 Å². The molecule has 0 N–H and O–H groups in total. The maximum atomic E-state index is 13.0. The summed E-state index contributed by atoms with van der Waals surface area (Å²) in [6.07, 6.45) is 1.42. The van der Waals surface area contributed by atoms with Crippen molar-refractivity contribution >= 4 is 23.4 Å². The Balaban J connectivity index is 2.46. The van der Waals surface area contributed by atoms with Gasteiger partial charge in [0.05, 0.1) is 5.57 Å². The molecule has 0 spiro atoms. The fourth-order valence-electron chi connectivity index (χ4n) is 3.20. The summed E-state index contributed by atoms with van der Waals surface area (Å²) in [6.45, 7) is 3.98. The van der Waals surface area contributed by atoms with E-state index in [0.29, 0.717) is 5.56 Å². The van der Waals surface area contributed by atoms with Crippen molar-refractivity contribution in [2.75, 3.05) is 0 Å². The molecule has 2 aromatic carbocycles. The minimum absolute atomic E-state index is 0.0542. The van der Waals surface area contributed by atoms with Crippen LogP contribution in [-0.4, -0.2) is 17.3 Å². The molecule has 0 aliphatic rings. The number of hydrogen-bond acceptors (Lipinski definition) is 4. The first-order chi connectivity index (χ1) is 13.3. The highest BCUT2D eigenvalue weighted by Crippen LogP contribution is 2.31. The first-order valence-corrected chi connectivity index (χ1v) is 9.05. The Morgan fingerprint density at radius 1 is 0.857 bits per heavy atom. The molecule has 0 saturated heterocycles. The number of hydrogen-bond donors (Lipinski definition) is 0. The second kappa shape index (κ2) is 9.60. The van der Waals surface area contributed by atoms with Crippen LogP contribution in [0.15, 0.2) is 77.6 Å². The van der Waals surface area contributed by atoms with E-state index in [1.807, 2.05) is 24.3 Å². The number of rotatable bonds is 8. The maximum absolute atomic E-state index is 13.0. The van der Waals surface area contributed by atoms with Crippen LogP contribution in [0.1, 0.15) is 44.2 Å². The Kier molecular flexibility index (Phi) is 7.21. The molecule has 0 heterocycles. The van der Waals surface area contributed by atoms with E-state index >= 15 is 0 Å². The second-order valence-electron chi connectivity index (χ2n) is 6.64. The van der Waals surface area contributed by atoms with Crippen molar-refractivity contribution in [2.24, 2.45) is 0 Å². The van der Waals surface area contributed by atoms with Gasteiger partial charge in [0.2, 0.25) is 0 Å². The van der Waals surface area contributed by atoms with Crippen molar-refractivity contribution < 1.29 is 19.5 Å². The molecule has 0 fully saturated rings. The molecule has 2 aromatic rings. The summed E-state index contributed by atoms with van der Waals surface area (Å²) < 4.78 is 0. The minimum Gasteiger partial charge on any atom is -0.875 e. The van der Waals surface area contributed by atoms with Gasteiger partial charge in [0.15, 0.2) is 17.3 Å². The summed E-state index contributed by atoms with van der Waals surface area (Å²) in [5.74, 6) is -2.18. The molecular formula is C24H23O4-. The largest absolute Gasteiger partial charge is 0.875 e. The molecular weight excluding hydrogens is 352 g/mol. The van der Waals surface area contributed by atoms with Crippen molar-refractivity contribution in [2.45, 2.75) is 33.1 Å². The van der Waals surface area contributed by atoms with Crippen molar-refractivity contribution in [3.8, 4) is 0 Å². The number of Topliss-reactive ketones (excluding diaryl/α,β-unsaturated/α-hetero) is 3. The van der Waals surface area contributed by atoms with Crippen LogP contribution < -0.4 is 5.11 Å². The third-order valence-electron chi connectivity index (χ3n) is 4.49. The predicted molar refractivity (Wildman–Crippen MR) is 107 cm³/mol. The molecule has 1 unspecified atom stereocenters. The highest BCUT2D eigenvalue weighted by atomic mass is 16.3. The summed E-state index contributed by atoms with van der Waals surface area (Å²) in [4.78, 5) is 37.2. The lowest BCUT2D eigenvalue weighted by molar-refractivity contribution is -0.303. The molecule has 144 valence electrons. The topological polar surface area (TPSA) is 74.3 Å². The van der Waals surface area contributed by atoms with E-state index < -0.39 is 11.7 Å². The first kappa shape index (κ1) is 21.0. The Bertz CT molecular complexity index is 918. The molecule has 28 heavy (non-hydrogen) atoms. The van der Waals surface area contributed by atoms with Crippen LogP contribution in [0.5, 0.6) is 0 Å². The fraction of sp³-hybridized carbons (Fsp3) is 0.208. The lowest BCUT2D eigenvalue weighted by Crippen LogP contribution is -2.21. The molecule has 0 radical (unpaired) electrons. The van der Waals surface area contributed by atoms with Gasteiger partial charge < -0.3 is 5.11 Å². The number of carbonyl (C=O) groups excluding carboxylic acids is 3. The SMILES string of the molecule is CC(=O)/C(=C(/C)[O-])C(CC(=O)/C(=C/c1ccccc1)C(C)=O)c1ccccc1. The second-order valence-corrected chi connectivity index (χ2v) is 6.64. The van der Waals surface area contributed by atoms with Crippen molar-refractivity contribution in [1.29, 1.82) is 0 Å². The van der Waals surface area contributed by atoms with Gasteiger partial charge in [-0.05, 0) is 36.6 Å². The van der Waals surface area contributed by atoms with Crippen LogP contribution in [0.2, 0.25) is 0 Å². The van der Waals surface area contributed by atoms with Gasteiger partial charge in [0.1, 0.15) is 0 Å². The molecule has 0 bridgehead atoms. The third kappa shape index (κ3) is 5.36. The van der Waals surface area contributed by atoms with Gasteiger partial charge in [-0.3, -0.25) is 14.4 Å².